The number of nitrogens with zero attached hydrogens (tertiary/aromatic N) is 1. The SMILES string of the molecule is CCN(c1ccccc1)S(=O)(=O)c1cc(C(=O)O)sc1Br. The molecule has 1 N–H and O–H groups in total. The predicted molar refractivity (Wildman–Crippen MR) is 85.6 cm³/mol. The van der Waals surface area contributed by atoms with Gasteiger partial charge in [0, 0.05) is 6.54 Å². The molecule has 2 rings (SSSR count). The highest BCUT2D eigenvalue weighted by Gasteiger charge is 2.28. The molecule has 0 aliphatic carbocycles. The molecule has 21 heavy (non-hydrogen) atoms. The van der Waals surface area contributed by atoms with Crippen LogP contribution in [0.3, 0.4) is 0 Å². The number of benzene rings is 1. The Morgan fingerprint density at radius 3 is 2.43 bits per heavy atom. The number of sulfonamides is 1. The van der Waals surface area contributed by atoms with E-state index in [2.05, 4.69) is 15.9 Å². The first kappa shape index (κ1) is 16.0. The second-order valence-electron chi connectivity index (χ2n) is 4.06. The molecule has 0 unspecified atom stereocenters. The molecule has 0 saturated heterocycles. The second kappa shape index (κ2) is 6.17. The van der Waals surface area contributed by atoms with E-state index >= 15 is 0 Å². The van der Waals surface area contributed by atoms with Crippen molar-refractivity contribution in [3.63, 3.8) is 0 Å². The van der Waals surface area contributed by atoms with Crippen LogP contribution >= 0.6 is 27.3 Å². The zero-order chi connectivity index (χ0) is 15.6. The normalized spacial score (nSPS) is 11.3. The average Bonchev–Trinajstić information content (AvgIpc) is 2.83. The number of hydrogen-bond donors (Lipinski definition) is 1. The highest BCUT2D eigenvalue weighted by Crippen LogP contribution is 2.35. The molecule has 2 aromatic rings. The van der Waals surface area contributed by atoms with Crippen molar-refractivity contribution in [2.75, 3.05) is 10.8 Å². The van der Waals surface area contributed by atoms with Crippen LogP contribution in [-0.2, 0) is 10.0 Å². The molecule has 8 heteroatoms. The molecule has 1 heterocycles. The summed E-state index contributed by atoms with van der Waals surface area (Å²) in [6.45, 7) is 1.97. The molecule has 0 saturated carbocycles. The summed E-state index contributed by atoms with van der Waals surface area (Å²) in [6, 6.07) is 9.86. The van der Waals surface area contributed by atoms with Crippen molar-refractivity contribution >= 4 is 48.9 Å². The summed E-state index contributed by atoms with van der Waals surface area (Å²) in [4.78, 5) is 10.9. The topological polar surface area (TPSA) is 74.7 Å². The third kappa shape index (κ3) is 3.12. The Morgan fingerprint density at radius 2 is 1.95 bits per heavy atom. The van der Waals surface area contributed by atoms with Gasteiger partial charge in [0.15, 0.2) is 0 Å². The number of hydrogen-bond acceptors (Lipinski definition) is 4. The Hall–Kier alpha value is -1.38. The van der Waals surface area contributed by atoms with E-state index in [1.807, 2.05) is 0 Å². The molecule has 0 amide bonds. The minimum absolute atomic E-state index is 0.0236. The van der Waals surface area contributed by atoms with Gasteiger partial charge in [0.05, 0.1) is 9.47 Å². The molecule has 1 aromatic heterocycles. The first-order chi connectivity index (χ1) is 9.87. The molecule has 0 aliphatic rings. The Labute approximate surface area is 135 Å². The summed E-state index contributed by atoms with van der Waals surface area (Å²) in [5.41, 5.74) is 0.537. The van der Waals surface area contributed by atoms with Crippen LogP contribution in [-0.4, -0.2) is 26.0 Å². The molecule has 0 fully saturated rings. The van der Waals surface area contributed by atoms with E-state index in [1.54, 1.807) is 37.3 Å². The zero-order valence-corrected chi connectivity index (χ0v) is 14.2. The van der Waals surface area contributed by atoms with Crippen LogP contribution in [0.2, 0.25) is 0 Å². The number of carboxylic acids is 1. The minimum Gasteiger partial charge on any atom is -0.477 e. The van der Waals surface area contributed by atoms with Gasteiger partial charge < -0.3 is 5.11 Å². The number of thiophene rings is 1. The first-order valence-corrected chi connectivity index (χ1v) is 9.03. The number of carbonyl (C=O) groups is 1. The maximum Gasteiger partial charge on any atom is 0.345 e. The third-order valence-electron chi connectivity index (χ3n) is 2.77. The van der Waals surface area contributed by atoms with E-state index < -0.39 is 16.0 Å². The second-order valence-corrected chi connectivity index (χ2v) is 8.26. The first-order valence-electron chi connectivity index (χ1n) is 5.98. The fraction of sp³-hybridized carbons (Fsp3) is 0.154. The van der Waals surface area contributed by atoms with Gasteiger partial charge in [0.2, 0.25) is 0 Å². The molecule has 0 spiro atoms. The molecular weight excluding hydrogens is 378 g/mol. The lowest BCUT2D eigenvalue weighted by molar-refractivity contribution is 0.0702. The Morgan fingerprint density at radius 1 is 1.33 bits per heavy atom. The van der Waals surface area contributed by atoms with E-state index in [0.717, 1.165) is 11.3 Å². The van der Waals surface area contributed by atoms with Crippen LogP contribution in [0.5, 0.6) is 0 Å². The predicted octanol–water partition coefficient (Wildman–Crippen LogP) is 3.42. The summed E-state index contributed by atoms with van der Waals surface area (Å²) in [5.74, 6) is -1.15. The number of anilines is 1. The van der Waals surface area contributed by atoms with Crippen molar-refractivity contribution in [2.45, 2.75) is 11.8 Å². The fourth-order valence-corrected chi connectivity index (χ4v) is 5.67. The zero-order valence-electron chi connectivity index (χ0n) is 11.0. The van der Waals surface area contributed by atoms with Crippen molar-refractivity contribution in [2.24, 2.45) is 0 Å². The van der Waals surface area contributed by atoms with Crippen LogP contribution < -0.4 is 4.31 Å². The standard InChI is InChI=1S/C13H12BrNO4S2/c1-2-15(9-6-4-3-5-7-9)21(18,19)11-8-10(13(16)17)20-12(11)14/h3-8H,2H2,1H3,(H,16,17). The summed E-state index contributed by atoms with van der Waals surface area (Å²) in [5, 5.41) is 8.98. The smallest absolute Gasteiger partial charge is 0.345 e. The van der Waals surface area contributed by atoms with Crippen LogP contribution in [0.25, 0.3) is 0 Å². The van der Waals surface area contributed by atoms with E-state index in [4.69, 9.17) is 5.11 Å². The Bertz CT molecular complexity index is 756. The van der Waals surface area contributed by atoms with Crippen LogP contribution in [0.15, 0.2) is 45.1 Å². The van der Waals surface area contributed by atoms with Crippen molar-refractivity contribution in [3.05, 3.63) is 45.1 Å². The van der Waals surface area contributed by atoms with Gasteiger partial charge in [-0.3, -0.25) is 4.31 Å². The lowest BCUT2D eigenvalue weighted by atomic mass is 10.3. The molecular formula is C13H12BrNO4S2. The maximum atomic E-state index is 12.7. The molecule has 0 bridgehead atoms. The molecule has 0 aliphatic heterocycles. The molecule has 1 aromatic carbocycles. The van der Waals surface area contributed by atoms with Crippen molar-refractivity contribution < 1.29 is 18.3 Å². The van der Waals surface area contributed by atoms with Gasteiger partial charge in [-0.25, -0.2) is 13.2 Å². The van der Waals surface area contributed by atoms with Crippen molar-refractivity contribution in [1.29, 1.82) is 0 Å². The van der Waals surface area contributed by atoms with Gasteiger partial charge >= 0.3 is 5.97 Å². The average molecular weight is 390 g/mol. The summed E-state index contributed by atoms with van der Waals surface area (Å²) in [7, 11) is -3.81. The molecule has 0 atom stereocenters. The number of rotatable bonds is 5. The third-order valence-corrected chi connectivity index (χ3v) is 6.91. The Kier molecular flexibility index (Phi) is 4.70. The van der Waals surface area contributed by atoms with E-state index in [9.17, 15) is 13.2 Å². The number of aromatic carboxylic acids is 1. The number of carboxylic acid groups (broad SMARTS) is 1. The van der Waals surface area contributed by atoms with Crippen LogP contribution in [0.1, 0.15) is 16.6 Å². The number of para-hydroxylation sites is 1. The van der Waals surface area contributed by atoms with E-state index in [-0.39, 0.29) is 20.1 Å². The molecule has 112 valence electrons. The lowest BCUT2D eigenvalue weighted by Crippen LogP contribution is -2.30. The summed E-state index contributed by atoms with van der Waals surface area (Å²) >= 11 is 4.02. The largest absolute Gasteiger partial charge is 0.477 e. The number of halogens is 1. The van der Waals surface area contributed by atoms with Gasteiger partial charge in [-0.2, -0.15) is 0 Å². The van der Waals surface area contributed by atoms with E-state index in [1.165, 1.54) is 10.4 Å². The van der Waals surface area contributed by atoms with Gasteiger partial charge in [-0.15, -0.1) is 11.3 Å². The highest BCUT2D eigenvalue weighted by atomic mass is 79.9. The highest BCUT2D eigenvalue weighted by molar-refractivity contribution is 9.11. The van der Waals surface area contributed by atoms with Crippen molar-refractivity contribution in [3.8, 4) is 0 Å². The van der Waals surface area contributed by atoms with Gasteiger partial charge in [0.25, 0.3) is 10.0 Å². The Balaban J connectivity index is 2.52. The van der Waals surface area contributed by atoms with E-state index in [0.29, 0.717) is 5.69 Å². The minimum atomic E-state index is -3.81. The van der Waals surface area contributed by atoms with Crippen molar-refractivity contribution in [1.82, 2.24) is 0 Å². The van der Waals surface area contributed by atoms with Crippen LogP contribution in [0, 0.1) is 0 Å². The van der Waals surface area contributed by atoms with Gasteiger partial charge in [-0.05, 0) is 41.1 Å². The maximum absolute atomic E-state index is 12.7. The van der Waals surface area contributed by atoms with Gasteiger partial charge in [0.1, 0.15) is 9.77 Å². The monoisotopic (exact) mass is 389 g/mol. The van der Waals surface area contributed by atoms with Gasteiger partial charge in [-0.1, -0.05) is 18.2 Å². The molecule has 0 radical (unpaired) electrons. The summed E-state index contributed by atoms with van der Waals surface area (Å²) in [6.07, 6.45) is 0. The summed E-state index contributed by atoms with van der Waals surface area (Å²) < 4.78 is 27.0. The lowest BCUT2D eigenvalue weighted by Gasteiger charge is -2.22. The fourth-order valence-electron chi connectivity index (χ4n) is 1.84. The quantitative estimate of drug-likeness (QED) is 0.849. The van der Waals surface area contributed by atoms with Crippen LogP contribution in [0.4, 0.5) is 5.69 Å². The molecule has 5 nitrogen and oxygen atoms in total.